The first-order chi connectivity index (χ1) is 8.58. The average Bonchev–Trinajstić information content (AvgIpc) is 2.39. The predicted octanol–water partition coefficient (Wildman–Crippen LogP) is -0.217. The normalized spacial score (nSPS) is 11.3. The van der Waals surface area contributed by atoms with Crippen LogP contribution in [0.2, 0.25) is 0 Å². The minimum absolute atomic E-state index is 0.106. The van der Waals surface area contributed by atoms with Gasteiger partial charge in [-0.15, -0.1) is 0 Å². The Hall–Kier alpha value is -2.46. The topological polar surface area (TPSA) is 112 Å². The van der Waals surface area contributed by atoms with E-state index in [1.54, 1.807) is 0 Å². The van der Waals surface area contributed by atoms with Gasteiger partial charge < -0.3 is 15.2 Å². The maximum Gasteiger partial charge on any atom is 0.334 e. The van der Waals surface area contributed by atoms with E-state index in [4.69, 9.17) is 10.4 Å². The number of amides is 1. The molecular weight excluding hydrogens is 238 g/mol. The number of nitriles is 1. The number of ether oxygens (including phenoxy) is 1. The molecule has 7 heteroatoms. The summed E-state index contributed by atoms with van der Waals surface area (Å²) in [6.45, 7) is -0.160. The Morgan fingerprint density at radius 2 is 2.33 bits per heavy atom. The molecule has 0 spiro atoms. The van der Waals surface area contributed by atoms with Gasteiger partial charge in [-0.1, -0.05) is 0 Å². The van der Waals surface area contributed by atoms with Crippen molar-refractivity contribution in [1.29, 1.82) is 5.26 Å². The zero-order valence-electron chi connectivity index (χ0n) is 9.58. The number of nitrogens with zero attached hydrogens (tertiary/aromatic N) is 2. The molecule has 0 aliphatic heterocycles. The first kappa shape index (κ1) is 13.6. The number of pyridine rings is 1. The average molecular weight is 249 g/mol. The molecule has 0 fully saturated rings. The van der Waals surface area contributed by atoms with Crippen molar-refractivity contribution < 1.29 is 19.4 Å². The number of hydrogen-bond acceptors (Lipinski definition) is 5. The molecule has 0 aliphatic rings. The third-order valence-corrected chi connectivity index (χ3v) is 2.13. The molecular formula is C11H11N3O4. The summed E-state index contributed by atoms with van der Waals surface area (Å²) < 4.78 is 4.66. The molecule has 0 bridgehead atoms. The van der Waals surface area contributed by atoms with Gasteiger partial charge in [0.25, 0.3) is 5.91 Å². The van der Waals surface area contributed by atoms with E-state index in [2.05, 4.69) is 15.0 Å². The van der Waals surface area contributed by atoms with Crippen molar-refractivity contribution in [2.75, 3.05) is 13.7 Å². The van der Waals surface area contributed by atoms with Gasteiger partial charge in [-0.25, -0.2) is 9.78 Å². The number of carbonyl (C=O) groups excluding carboxylic acids is 1. The van der Waals surface area contributed by atoms with Crippen LogP contribution in [0.1, 0.15) is 16.1 Å². The van der Waals surface area contributed by atoms with Crippen LogP contribution in [0.3, 0.4) is 0 Å². The summed E-state index contributed by atoms with van der Waals surface area (Å²) in [6, 6.07) is 4.71. The lowest BCUT2D eigenvalue weighted by molar-refractivity contribution is -0.148. The van der Waals surface area contributed by atoms with Crippen LogP contribution >= 0.6 is 0 Å². The van der Waals surface area contributed by atoms with Crippen LogP contribution in [0.25, 0.3) is 0 Å². The lowest BCUT2D eigenvalue weighted by atomic mass is 10.2. The van der Waals surface area contributed by atoms with Crippen LogP contribution in [0.5, 0.6) is 0 Å². The van der Waals surface area contributed by atoms with Gasteiger partial charge in [0.1, 0.15) is 11.8 Å². The first-order valence-corrected chi connectivity index (χ1v) is 4.98. The smallest absolute Gasteiger partial charge is 0.334 e. The Bertz CT molecular complexity index is 478. The largest absolute Gasteiger partial charge is 0.479 e. The van der Waals surface area contributed by atoms with Gasteiger partial charge in [0.15, 0.2) is 6.10 Å². The summed E-state index contributed by atoms with van der Waals surface area (Å²) in [4.78, 5) is 26.0. The van der Waals surface area contributed by atoms with E-state index in [1.165, 1.54) is 25.4 Å². The van der Waals surface area contributed by atoms with E-state index >= 15 is 0 Å². The fourth-order valence-corrected chi connectivity index (χ4v) is 1.14. The molecule has 1 atom stereocenters. The first-order valence-electron chi connectivity index (χ1n) is 4.98. The minimum atomic E-state index is -1.16. The summed E-state index contributed by atoms with van der Waals surface area (Å²) in [5.41, 5.74) is 0.445. The maximum absolute atomic E-state index is 11.6. The molecule has 1 unspecified atom stereocenters. The SMILES string of the molecule is COC(CNC(=O)c1ccc(C#N)cn1)C(=O)O. The number of carboxylic acid groups (broad SMARTS) is 1. The van der Waals surface area contributed by atoms with Crippen LogP contribution in [-0.2, 0) is 9.53 Å². The monoisotopic (exact) mass is 249 g/mol. The number of carbonyl (C=O) groups is 2. The molecule has 0 aliphatic carbocycles. The van der Waals surface area contributed by atoms with Crippen molar-refractivity contribution >= 4 is 11.9 Å². The van der Waals surface area contributed by atoms with E-state index < -0.39 is 18.0 Å². The molecule has 1 heterocycles. The van der Waals surface area contributed by atoms with Gasteiger partial charge in [0, 0.05) is 13.3 Å². The van der Waals surface area contributed by atoms with Crippen LogP contribution in [0.4, 0.5) is 0 Å². The minimum Gasteiger partial charge on any atom is -0.479 e. The Balaban J connectivity index is 2.60. The van der Waals surface area contributed by atoms with E-state index in [0.29, 0.717) is 5.56 Å². The van der Waals surface area contributed by atoms with E-state index in [-0.39, 0.29) is 12.2 Å². The van der Waals surface area contributed by atoms with Gasteiger partial charge in [-0.2, -0.15) is 5.26 Å². The standard InChI is InChI=1S/C11H11N3O4/c1-18-9(11(16)17)6-14-10(15)8-3-2-7(4-12)5-13-8/h2-3,5,9H,6H2,1H3,(H,14,15)(H,16,17). The highest BCUT2D eigenvalue weighted by molar-refractivity contribution is 5.92. The highest BCUT2D eigenvalue weighted by Crippen LogP contribution is 1.99. The number of aliphatic carboxylic acids is 1. The second kappa shape index (κ2) is 6.32. The molecule has 1 amide bonds. The number of methoxy groups -OCH3 is 1. The fraction of sp³-hybridized carbons (Fsp3) is 0.273. The number of hydrogen-bond donors (Lipinski definition) is 2. The highest BCUT2D eigenvalue weighted by Gasteiger charge is 2.17. The van der Waals surface area contributed by atoms with Crippen LogP contribution in [0.15, 0.2) is 18.3 Å². The summed E-state index contributed by atoms with van der Waals surface area (Å²) in [5, 5.41) is 19.6. The predicted molar refractivity (Wildman–Crippen MR) is 59.7 cm³/mol. The second-order valence-corrected chi connectivity index (χ2v) is 3.32. The summed E-state index contributed by atoms with van der Waals surface area (Å²) in [7, 11) is 1.24. The Labute approximate surface area is 103 Å². The van der Waals surface area contributed by atoms with Crippen molar-refractivity contribution in [3.63, 3.8) is 0 Å². The molecule has 0 saturated carbocycles. The molecule has 94 valence electrons. The van der Waals surface area contributed by atoms with E-state index in [9.17, 15) is 9.59 Å². The van der Waals surface area contributed by atoms with Gasteiger partial charge in [0.05, 0.1) is 12.1 Å². The van der Waals surface area contributed by atoms with Crippen LogP contribution in [-0.4, -0.2) is 41.7 Å². The lowest BCUT2D eigenvalue weighted by Crippen LogP contribution is -2.38. The third kappa shape index (κ3) is 3.54. The summed E-state index contributed by atoms with van der Waals surface area (Å²) in [6.07, 6.45) is 0.159. The summed E-state index contributed by atoms with van der Waals surface area (Å²) >= 11 is 0. The van der Waals surface area contributed by atoms with Crippen molar-refractivity contribution in [2.45, 2.75) is 6.10 Å². The Morgan fingerprint density at radius 3 is 2.78 bits per heavy atom. The maximum atomic E-state index is 11.6. The number of rotatable bonds is 5. The molecule has 1 aromatic rings. The Morgan fingerprint density at radius 1 is 1.61 bits per heavy atom. The molecule has 7 nitrogen and oxygen atoms in total. The zero-order chi connectivity index (χ0) is 13.5. The second-order valence-electron chi connectivity index (χ2n) is 3.32. The van der Waals surface area contributed by atoms with Crippen molar-refractivity contribution in [2.24, 2.45) is 0 Å². The van der Waals surface area contributed by atoms with Crippen LogP contribution in [0, 0.1) is 11.3 Å². The molecule has 1 rings (SSSR count). The summed E-state index contributed by atoms with van der Waals surface area (Å²) in [5.74, 6) is -1.69. The zero-order valence-corrected chi connectivity index (χ0v) is 9.58. The van der Waals surface area contributed by atoms with Crippen molar-refractivity contribution in [3.8, 4) is 6.07 Å². The quantitative estimate of drug-likeness (QED) is 0.746. The number of aromatic nitrogens is 1. The molecule has 2 N–H and O–H groups in total. The number of carboxylic acids is 1. The highest BCUT2D eigenvalue weighted by atomic mass is 16.5. The van der Waals surface area contributed by atoms with Gasteiger partial charge in [0.2, 0.25) is 0 Å². The van der Waals surface area contributed by atoms with Gasteiger partial charge in [-0.05, 0) is 12.1 Å². The number of nitrogens with one attached hydrogen (secondary N) is 1. The van der Waals surface area contributed by atoms with E-state index in [1.807, 2.05) is 6.07 Å². The van der Waals surface area contributed by atoms with Crippen molar-refractivity contribution in [1.82, 2.24) is 10.3 Å². The van der Waals surface area contributed by atoms with Gasteiger partial charge in [-0.3, -0.25) is 4.79 Å². The molecule has 0 saturated heterocycles. The molecule has 0 aromatic carbocycles. The third-order valence-electron chi connectivity index (χ3n) is 2.13. The van der Waals surface area contributed by atoms with Gasteiger partial charge >= 0.3 is 5.97 Å². The molecule has 1 aromatic heterocycles. The molecule has 0 radical (unpaired) electrons. The van der Waals surface area contributed by atoms with Crippen LogP contribution < -0.4 is 5.32 Å². The fourth-order valence-electron chi connectivity index (χ4n) is 1.14. The van der Waals surface area contributed by atoms with E-state index in [0.717, 1.165) is 0 Å². The Kier molecular flexibility index (Phi) is 4.78. The van der Waals surface area contributed by atoms with Crippen molar-refractivity contribution in [3.05, 3.63) is 29.6 Å². The lowest BCUT2D eigenvalue weighted by Gasteiger charge is -2.11. The molecule has 18 heavy (non-hydrogen) atoms.